The Morgan fingerprint density at radius 1 is 1.00 bits per heavy atom. The number of hydrogen-bond donors (Lipinski definition) is 0. The van der Waals surface area contributed by atoms with Crippen molar-refractivity contribution in [1.29, 1.82) is 0 Å². The van der Waals surface area contributed by atoms with Crippen LogP contribution in [-0.2, 0) is 23.8 Å². The number of nitrogens with zero attached hydrogens (tertiary/aromatic N) is 5. The molecule has 3 heterocycles. The largest absolute Gasteiger partial charge is 0.416 e. The van der Waals surface area contributed by atoms with Gasteiger partial charge in [0.2, 0.25) is 5.95 Å². The van der Waals surface area contributed by atoms with Gasteiger partial charge in [0.1, 0.15) is 5.82 Å². The SMILES string of the molecule is CN(C)c1nc(N2CCOCC2)nc2c1CCN(C(=O)c1ccc(C(F)(F)F)cc1)CC2. The second-order valence-electron chi connectivity index (χ2n) is 8.13. The lowest BCUT2D eigenvalue weighted by atomic mass is 10.1. The van der Waals surface area contributed by atoms with Crippen molar-refractivity contribution in [2.24, 2.45) is 0 Å². The van der Waals surface area contributed by atoms with Gasteiger partial charge in [-0.05, 0) is 30.7 Å². The van der Waals surface area contributed by atoms with Crippen molar-refractivity contribution >= 4 is 17.7 Å². The molecule has 1 aromatic carbocycles. The average molecular weight is 449 g/mol. The zero-order valence-electron chi connectivity index (χ0n) is 18.2. The number of halogens is 3. The minimum absolute atomic E-state index is 0.247. The molecule has 4 rings (SSSR count). The van der Waals surface area contributed by atoms with E-state index in [1.165, 1.54) is 12.1 Å². The number of fused-ring (bicyclic) bond motifs is 1. The summed E-state index contributed by atoms with van der Waals surface area (Å²) in [5.74, 6) is 1.22. The summed E-state index contributed by atoms with van der Waals surface area (Å²) < 4.78 is 43.9. The smallest absolute Gasteiger partial charge is 0.378 e. The fourth-order valence-electron chi connectivity index (χ4n) is 4.03. The van der Waals surface area contributed by atoms with E-state index in [4.69, 9.17) is 14.7 Å². The predicted molar refractivity (Wildman–Crippen MR) is 114 cm³/mol. The van der Waals surface area contributed by atoms with E-state index in [0.717, 1.165) is 42.3 Å². The maximum atomic E-state index is 13.0. The van der Waals surface area contributed by atoms with Crippen molar-refractivity contribution < 1.29 is 22.7 Å². The number of morpholine rings is 1. The lowest BCUT2D eigenvalue weighted by Gasteiger charge is -2.28. The summed E-state index contributed by atoms with van der Waals surface area (Å²) >= 11 is 0. The quantitative estimate of drug-likeness (QED) is 0.718. The van der Waals surface area contributed by atoms with Crippen molar-refractivity contribution in [3.63, 3.8) is 0 Å². The van der Waals surface area contributed by atoms with Crippen molar-refractivity contribution in [2.45, 2.75) is 19.0 Å². The van der Waals surface area contributed by atoms with E-state index in [0.29, 0.717) is 45.1 Å². The van der Waals surface area contributed by atoms with Crippen LogP contribution in [0.25, 0.3) is 0 Å². The van der Waals surface area contributed by atoms with Crippen LogP contribution in [0.2, 0.25) is 0 Å². The highest BCUT2D eigenvalue weighted by Crippen LogP contribution is 2.30. The Labute approximate surface area is 184 Å². The third-order valence-corrected chi connectivity index (χ3v) is 5.77. The summed E-state index contributed by atoms with van der Waals surface area (Å²) in [6.07, 6.45) is -3.29. The topological polar surface area (TPSA) is 61.8 Å². The Morgan fingerprint density at radius 2 is 1.66 bits per heavy atom. The Balaban J connectivity index is 1.55. The van der Waals surface area contributed by atoms with Gasteiger partial charge in [0.15, 0.2) is 0 Å². The lowest BCUT2D eigenvalue weighted by molar-refractivity contribution is -0.137. The molecule has 1 saturated heterocycles. The molecule has 0 bridgehead atoms. The van der Waals surface area contributed by atoms with Gasteiger partial charge in [-0.3, -0.25) is 4.79 Å². The van der Waals surface area contributed by atoms with Crippen molar-refractivity contribution in [2.75, 3.05) is 63.3 Å². The molecule has 1 amide bonds. The van der Waals surface area contributed by atoms with E-state index in [1.807, 2.05) is 19.0 Å². The molecule has 0 atom stereocenters. The number of carbonyl (C=O) groups excluding carboxylic acids is 1. The van der Waals surface area contributed by atoms with E-state index >= 15 is 0 Å². The van der Waals surface area contributed by atoms with Crippen LogP contribution in [0.1, 0.15) is 27.2 Å². The summed E-state index contributed by atoms with van der Waals surface area (Å²) in [5.41, 5.74) is 1.40. The predicted octanol–water partition coefficient (Wildman–Crippen LogP) is 2.64. The zero-order valence-corrected chi connectivity index (χ0v) is 18.2. The second-order valence-corrected chi connectivity index (χ2v) is 8.13. The summed E-state index contributed by atoms with van der Waals surface area (Å²) in [7, 11) is 3.86. The van der Waals surface area contributed by atoms with E-state index < -0.39 is 11.7 Å². The molecule has 0 spiro atoms. The van der Waals surface area contributed by atoms with Crippen molar-refractivity contribution in [1.82, 2.24) is 14.9 Å². The number of aromatic nitrogens is 2. The number of anilines is 2. The molecular weight excluding hydrogens is 423 g/mol. The first-order valence-electron chi connectivity index (χ1n) is 10.6. The van der Waals surface area contributed by atoms with E-state index in [-0.39, 0.29) is 11.5 Å². The van der Waals surface area contributed by atoms with E-state index in [2.05, 4.69) is 4.90 Å². The molecule has 1 aromatic heterocycles. The number of ether oxygens (including phenoxy) is 1. The third kappa shape index (κ3) is 4.64. The summed E-state index contributed by atoms with van der Waals surface area (Å²) in [5, 5.41) is 0. The molecule has 7 nitrogen and oxygen atoms in total. The first kappa shape index (κ1) is 22.3. The highest BCUT2D eigenvalue weighted by molar-refractivity contribution is 5.94. The Bertz CT molecular complexity index is 973. The standard InChI is InChI=1S/C22H26F3N5O2/c1-28(2)19-17-7-9-29(20(31)15-3-5-16(6-4-15)22(23,24)25)10-8-18(17)26-21(27-19)30-11-13-32-14-12-30/h3-6H,7-14H2,1-2H3. The van der Waals surface area contributed by atoms with Crippen molar-refractivity contribution in [3.8, 4) is 0 Å². The molecule has 1 fully saturated rings. The number of hydrogen-bond acceptors (Lipinski definition) is 6. The van der Waals surface area contributed by atoms with Crippen LogP contribution in [0, 0.1) is 0 Å². The molecule has 0 saturated carbocycles. The van der Waals surface area contributed by atoms with Crippen LogP contribution in [-0.4, -0.2) is 74.3 Å². The summed E-state index contributed by atoms with van der Waals surface area (Å²) in [4.78, 5) is 28.3. The number of benzene rings is 1. The zero-order chi connectivity index (χ0) is 22.9. The molecule has 0 unspecified atom stereocenters. The van der Waals surface area contributed by atoms with Crippen LogP contribution >= 0.6 is 0 Å². The third-order valence-electron chi connectivity index (χ3n) is 5.77. The lowest BCUT2D eigenvalue weighted by Crippen LogP contribution is -2.38. The highest BCUT2D eigenvalue weighted by atomic mass is 19.4. The minimum atomic E-state index is -4.43. The minimum Gasteiger partial charge on any atom is -0.378 e. The van der Waals surface area contributed by atoms with Gasteiger partial charge in [0, 0.05) is 57.8 Å². The fourth-order valence-corrected chi connectivity index (χ4v) is 4.03. The van der Waals surface area contributed by atoms with E-state index in [9.17, 15) is 18.0 Å². The molecule has 2 aliphatic heterocycles. The van der Waals surface area contributed by atoms with Gasteiger partial charge in [-0.15, -0.1) is 0 Å². The van der Waals surface area contributed by atoms with Crippen LogP contribution in [0.15, 0.2) is 24.3 Å². The maximum Gasteiger partial charge on any atom is 0.416 e. The van der Waals surface area contributed by atoms with Crippen molar-refractivity contribution in [3.05, 3.63) is 46.6 Å². The normalized spacial score (nSPS) is 17.0. The molecule has 2 aromatic rings. The van der Waals surface area contributed by atoms with Gasteiger partial charge in [-0.2, -0.15) is 18.2 Å². The number of amides is 1. The monoisotopic (exact) mass is 449 g/mol. The molecule has 2 aliphatic rings. The number of alkyl halides is 3. The Kier molecular flexibility index (Phi) is 6.23. The molecule has 0 aliphatic carbocycles. The van der Waals surface area contributed by atoms with Crippen LogP contribution in [0.3, 0.4) is 0 Å². The number of rotatable bonds is 3. The number of carbonyl (C=O) groups is 1. The molecule has 10 heteroatoms. The molecule has 172 valence electrons. The summed E-state index contributed by atoms with van der Waals surface area (Å²) in [6.45, 7) is 3.61. The van der Waals surface area contributed by atoms with Crippen LogP contribution in [0.4, 0.5) is 24.9 Å². The van der Waals surface area contributed by atoms with Gasteiger partial charge >= 0.3 is 6.18 Å². The first-order valence-corrected chi connectivity index (χ1v) is 10.6. The first-order chi connectivity index (χ1) is 15.2. The van der Waals surface area contributed by atoms with Crippen LogP contribution < -0.4 is 9.80 Å². The molecular formula is C22H26F3N5O2. The highest BCUT2D eigenvalue weighted by Gasteiger charge is 2.31. The van der Waals surface area contributed by atoms with Crippen LogP contribution in [0.5, 0.6) is 0 Å². The second kappa shape index (κ2) is 8.93. The van der Waals surface area contributed by atoms with Gasteiger partial charge in [-0.25, -0.2) is 4.98 Å². The van der Waals surface area contributed by atoms with Gasteiger partial charge in [-0.1, -0.05) is 0 Å². The molecule has 0 N–H and O–H groups in total. The van der Waals surface area contributed by atoms with Gasteiger partial charge < -0.3 is 19.4 Å². The molecule has 32 heavy (non-hydrogen) atoms. The van der Waals surface area contributed by atoms with Gasteiger partial charge in [0.25, 0.3) is 5.91 Å². The van der Waals surface area contributed by atoms with Gasteiger partial charge in [0.05, 0.1) is 24.5 Å². The van der Waals surface area contributed by atoms with E-state index in [1.54, 1.807) is 4.90 Å². The fraction of sp³-hybridized carbons (Fsp3) is 0.500. The molecule has 0 radical (unpaired) electrons. The Hall–Kier alpha value is -2.88. The summed E-state index contributed by atoms with van der Waals surface area (Å²) in [6, 6.07) is 4.38. The average Bonchev–Trinajstić information content (AvgIpc) is 3.00. The Morgan fingerprint density at radius 3 is 2.28 bits per heavy atom. The maximum absolute atomic E-state index is 13.0.